The zero-order valence-corrected chi connectivity index (χ0v) is 17.0. The molecule has 0 aliphatic carbocycles. The van der Waals surface area contributed by atoms with Crippen LogP contribution >= 0.6 is 0 Å². The summed E-state index contributed by atoms with van der Waals surface area (Å²) < 4.78 is 32.4. The third-order valence-electron chi connectivity index (χ3n) is 5.70. The quantitative estimate of drug-likeness (QED) is 0.501. The van der Waals surface area contributed by atoms with E-state index in [1.165, 1.54) is 30.3 Å². The van der Waals surface area contributed by atoms with Crippen molar-refractivity contribution >= 4 is 0 Å². The van der Waals surface area contributed by atoms with Crippen molar-refractivity contribution in [2.75, 3.05) is 13.1 Å². The Morgan fingerprint density at radius 1 is 1.10 bits per heavy atom. The van der Waals surface area contributed by atoms with Gasteiger partial charge in [-0.2, -0.15) is 0 Å². The van der Waals surface area contributed by atoms with Crippen molar-refractivity contribution in [3.05, 3.63) is 59.2 Å². The van der Waals surface area contributed by atoms with Crippen molar-refractivity contribution < 1.29 is 28.8 Å². The van der Waals surface area contributed by atoms with E-state index in [2.05, 4.69) is 5.32 Å². The van der Waals surface area contributed by atoms with Gasteiger partial charge in [0.1, 0.15) is 35.3 Å². The van der Waals surface area contributed by atoms with Gasteiger partial charge in [-0.05, 0) is 79.1 Å². The van der Waals surface area contributed by atoms with Crippen LogP contribution in [0.5, 0.6) is 11.5 Å². The minimum absolute atomic E-state index is 0.0520. The van der Waals surface area contributed by atoms with Crippen LogP contribution in [0.4, 0.5) is 8.78 Å². The number of benzene rings is 2. The summed E-state index contributed by atoms with van der Waals surface area (Å²) in [6, 6.07) is 8.22. The maximum absolute atomic E-state index is 13.3. The van der Waals surface area contributed by atoms with Gasteiger partial charge in [-0.1, -0.05) is 6.92 Å². The Balaban J connectivity index is 1.39. The van der Waals surface area contributed by atoms with Crippen LogP contribution in [0.2, 0.25) is 0 Å². The van der Waals surface area contributed by atoms with Gasteiger partial charge in [0.05, 0.1) is 6.10 Å². The van der Waals surface area contributed by atoms with E-state index in [9.17, 15) is 24.1 Å². The van der Waals surface area contributed by atoms with Crippen molar-refractivity contribution in [1.82, 2.24) is 5.32 Å². The second kappa shape index (κ2) is 10.2. The molecule has 0 radical (unpaired) electrons. The summed E-state index contributed by atoms with van der Waals surface area (Å²) in [5, 5.41) is 33.6. The Labute approximate surface area is 175 Å². The van der Waals surface area contributed by atoms with Gasteiger partial charge in [-0.25, -0.2) is 8.78 Å². The lowest BCUT2D eigenvalue weighted by Crippen LogP contribution is -2.44. The highest BCUT2D eigenvalue weighted by molar-refractivity contribution is 5.36. The van der Waals surface area contributed by atoms with Gasteiger partial charge in [-0.3, -0.25) is 0 Å². The van der Waals surface area contributed by atoms with E-state index >= 15 is 0 Å². The standard InChI is InChI=1S/C23H29F2NO4/c1-14(2-3-15-10-17(24)5-7-19(15)27)20(28)12-26-13-21(29)23-8-4-16-11-18(25)6-9-22(16)30-23/h5-7,9-11,14,20-21,23,26-29H,2-4,8,12-13H2,1H3/t14-,20-,21?,23?/m1/s1. The molecular weight excluding hydrogens is 392 g/mol. The van der Waals surface area contributed by atoms with Gasteiger partial charge >= 0.3 is 0 Å². The summed E-state index contributed by atoms with van der Waals surface area (Å²) in [4.78, 5) is 0. The molecule has 2 aromatic rings. The number of hydrogen-bond acceptors (Lipinski definition) is 5. The smallest absolute Gasteiger partial charge is 0.126 e. The number of aliphatic hydroxyl groups is 2. The average molecular weight is 421 g/mol. The average Bonchev–Trinajstić information content (AvgIpc) is 2.73. The number of nitrogens with one attached hydrogen (secondary N) is 1. The van der Waals surface area contributed by atoms with E-state index in [0.717, 1.165) is 5.56 Å². The molecule has 2 aromatic carbocycles. The summed E-state index contributed by atoms with van der Waals surface area (Å²) in [6.07, 6.45) is 0.485. The van der Waals surface area contributed by atoms with Crippen molar-refractivity contribution in [1.29, 1.82) is 0 Å². The van der Waals surface area contributed by atoms with Gasteiger partial charge in [0.15, 0.2) is 0 Å². The first-order valence-corrected chi connectivity index (χ1v) is 10.3. The molecule has 0 amide bonds. The summed E-state index contributed by atoms with van der Waals surface area (Å²) in [6.45, 7) is 2.44. The van der Waals surface area contributed by atoms with E-state index < -0.39 is 18.0 Å². The van der Waals surface area contributed by atoms with Gasteiger partial charge < -0.3 is 25.4 Å². The largest absolute Gasteiger partial charge is 0.508 e. The fourth-order valence-corrected chi connectivity index (χ4v) is 3.69. The number of aliphatic hydroxyl groups excluding tert-OH is 2. The Bertz CT molecular complexity index is 848. The first kappa shape index (κ1) is 22.5. The van der Waals surface area contributed by atoms with Crippen molar-refractivity contribution in [3.8, 4) is 11.5 Å². The number of rotatable bonds is 9. The van der Waals surface area contributed by atoms with Crippen LogP contribution in [0, 0.1) is 17.6 Å². The molecule has 0 aromatic heterocycles. The molecule has 1 aliphatic rings. The van der Waals surface area contributed by atoms with E-state index in [-0.39, 0.29) is 30.1 Å². The molecule has 164 valence electrons. The third kappa shape index (κ3) is 5.90. The normalized spacial score (nSPS) is 18.9. The summed E-state index contributed by atoms with van der Waals surface area (Å²) in [5.74, 6) is -0.125. The van der Waals surface area contributed by atoms with Crippen LogP contribution in [0.25, 0.3) is 0 Å². The zero-order valence-electron chi connectivity index (χ0n) is 17.0. The minimum atomic E-state index is -0.755. The number of phenolic OH excluding ortho intramolecular Hbond substituents is 1. The fourth-order valence-electron chi connectivity index (χ4n) is 3.69. The summed E-state index contributed by atoms with van der Waals surface area (Å²) in [5.41, 5.74) is 1.33. The van der Waals surface area contributed by atoms with Crippen LogP contribution in [0.15, 0.2) is 36.4 Å². The molecule has 1 aliphatic heterocycles. The molecule has 0 bridgehead atoms. The van der Waals surface area contributed by atoms with E-state index in [4.69, 9.17) is 4.74 Å². The molecule has 30 heavy (non-hydrogen) atoms. The minimum Gasteiger partial charge on any atom is -0.508 e. The molecule has 1 heterocycles. The molecule has 5 nitrogen and oxygen atoms in total. The lowest BCUT2D eigenvalue weighted by molar-refractivity contribution is 0.0211. The molecule has 3 rings (SSSR count). The lowest BCUT2D eigenvalue weighted by atomic mass is 9.95. The maximum atomic E-state index is 13.3. The van der Waals surface area contributed by atoms with Crippen LogP contribution in [0.1, 0.15) is 30.9 Å². The molecule has 0 saturated heterocycles. The molecule has 0 saturated carbocycles. The topological polar surface area (TPSA) is 82.0 Å². The summed E-state index contributed by atoms with van der Waals surface area (Å²) in [7, 11) is 0. The second-order valence-corrected chi connectivity index (χ2v) is 8.03. The number of hydrogen-bond donors (Lipinski definition) is 4. The van der Waals surface area contributed by atoms with Gasteiger partial charge in [-0.15, -0.1) is 0 Å². The van der Waals surface area contributed by atoms with E-state index in [0.29, 0.717) is 43.5 Å². The number of phenols is 1. The van der Waals surface area contributed by atoms with Crippen molar-refractivity contribution in [2.24, 2.45) is 5.92 Å². The maximum Gasteiger partial charge on any atom is 0.126 e. The number of ether oxygens (including phenoxy) is 1. The molecule has 4 N–H and O–H groups in total. The van der Waals surface area contributed by atoms with Crippen molar-refractivity contribution in [2.45, 2.75) is 50.9 Å². The molecule has 2 unspecified atom stereocenters. The highest BCUT2D eigenvalue weighted by Crippen LogP contribution is 2.29. The molecule has 4 atom stereocenters. The van der Waals surface area contributed by atoms with Crippen LogP contribution < -0.4 is 10.1 Å². The lowest BCUT2D eigenvalue weighted by Gasteiger charge is -2.30. The van der Waals surface area contributed by atoms with Crippen LogP contribution in [-0.4, -0.2) is 46.7 Å². The molecule has 0 spiro atoms. The Kier molecular flexibility index (Phi) is 7.64. The van der Waals surface area contributed by atoms with Crippen LogP contribution in [0.3, 0.4) is 0 Å². The SMILES string of the molecule is C[C@H](CCc1cc(F)ccc1O)[C@H](O)CNCC(O)C1CCc2cc(F)ccc2O1. The Morgan fingerprint density at radius 3 is 2.63 bits per heavy atom. The molecule has 7 heteroatoms. The number of fused-ring (bicyclic) bond motifs is 1. The number of aromatic hydroxyl groups is 1. The van der Waals surface area contributed by atoms with Crippen molar-refractivity contribution in [3.63, 3.8) is 0 Å². The highest BCUT2D eigenvalue weighted by Gasteiger charge is 2.26. The molecular formula is C23H29F2NO4. The number of aryl methyl sites for hydroxylation is 2. The van der Waals surface area contributed by atoms with E-state index in [1.807, 2.05) is 6.92 Å². The van der Waals surface area contributed by atoms with Gasteiger partial charge in [0.25, 0.3) is 0 Å². The predicted molar refractivity (Wildman–Crippen MR) is 110 cm³/mol. The number of halogens is 2. The Morgan fingerprint density at radius 2 is 1.83 bits per heavy atom. The predicted octanol–water partition coefficient (Wildman–Crippen LogP) is 2.94. The fraction of sp³-hybridized carbons (Fsp3) is 0.478. The summed E-state index contributed by atoms with van der Waals surface area (Å²) >= 11 is 0. The first-order valence-electron chi connectivity index (χ1n) is 10.3. The monoisotopic (exact) mass is 421 g/mol. The molecule has 0 fully saturated rings. The van der Waals surface area contributed by atoms with E-state index in [1.54, 1.807) is 6.07 Å². The second-order valence-electron chi connectivity index (χ2n) is 8.03. The van der Waals surface area contributed by atoms with Gasteiger partial charge in [0.2, 0.25) is 0 Å². The zero-order chi connectivity index (χ0) is 21.7. The highest BCUT2D eigenvalue weighted by atomic mass is 19.1. The first-order chi connectivity index (χ1) is 14.3. The Hall–Kier alpha value is -2.22. The third-order valence-corrected chi connectivity index (χ3v) is 5.70. The van der Waals surface area contributed by atoms with Crippen LogP contribution in [-0.2, 0) is 12.8 Å². The van der Waals surface area contributed by atoms with Gasteiger partial charge in [0, 0.05) is 13.1 Å².